The first-order valence-corrected chi connectivity index (χ1v) is 10.5. The average Bonchev–Trinajstić information content (AvgIpc) is 3.02. The van der Waals surface area contributed by atoms with E-state index in [9.17, 15) is 27.6 Å². The highest BCUT2D eigenvalue weighted by Crippen LogP contribution is 2.19. The van der Waals surface area contributed by atoms with Gasteiger partial charge >= 0.3 is 5.97 Å². The molecule has 28 heavy (non-hydrogen) atoms. The van der Waals surface area contributed by atoms with Crippen molar-refractivity contribution < 1.29 is 32.3 Å². The topological polar surface area (TPSA) is 118 Å². The molecule has 0 unspecified atom stereocenters. The zero-order chi connectivity index (χ0) is 20.5. The Hall–Kier alpha value is -2.75. The number of nitrogens with zero attached hydrogens (tertiary/aromatic N) is 2. The molecule has 0 bridgehead atoms. The molecule has 0 radical (unpaired) electrons. The van der Waals surface area contributed by atoms with Crippen LogP contribution in [0.1, 0.15) is 22.3 Å². The van der Waals surface area contributed by atoms with Gasteiger partial charge in [-0.1, -0.05) is 18.2 Å². The number of carbonyl (C=O) groups is 4. The normalized spacial score (nSPS) is 20.6. The zero-order valence-electron chi connectivity index (χ0n) is 15.3. The molecule has 9 nitrogen and oxygen atoms in total. The number of hydrogen-bond donors (Lipinski definition) is 0. The van der Waals surface area contributed by atoms with Gasteiger partial charge in [-0.3, -0.25) is 24.1 Å². The predicted molar refractivity (Wildman–Crippen MR) is 97.0 cm³/mol. The SMILES string of the molecule is CN(C(=O)COC(=O)CN1C(=O)Cc2ccccc2C1=O)[C@@H]1CCS(=O)(=O)C1. The highest BCUT2D eigenvalue weighted by atomic mass is 32.2. The number of ether oxygens (including phenoxy) is 1. The van der Waals surface area contributed by atoms with Crippen molar-refractivity contribution in [2.75, 3.05) is 31.7 Å². The number of likely N-dealkylation sites (N-methyl/N-ethyl adjacent to an activating group) is 1. The van der Waals surface area contributed by atoms with Crippen LogP contribution in [0.4, 0.5) is 0 Å². The molecule has 1 saturated heterocycles. The molecule has 2 aliphatic heterocycles. The van der Waals surface area contributed by atoms with Gasteiger partial charge in [0, 0.05) is 18.7 Å². The number of sulfone groups is 1. The molecule has 3 amide bonds. The second kappa shape index (κ2) is 7.70. The Labute approximate surface area is 162 Å². The van der Waals surface area contributed by atoms with E-state index in [1.165, 1.54) is 11.9 Å². The Bertz CT molecular complexity index is 941. The third-order valence-corrected chi connectivity index (χ3v) is 6.68. The molecule has 0 N–H and O–H groups in total. The lowest BCUT2D eigenvalue weighted by Gasteiger charge is -2.26. The lowest BCUT2D eigenvalue weighted by atomic mass is 9.98. The lowest BCUT2D eigenvalue weighted by Crippen LogP contribution is -2.46. The van der Waals surface area contributed by atoms with Crippen LogP contribution in [-0.4, -0.2) is 79.7 Å². The number of hydrogen-bond acceptors (Lipinski definition) is 7. The predicted octanol–water partition coefficient (Wildman–Crippen LogP) is -0.600. The fraction of sp³-hybridized carbons (Fsp3) is 0.444. The molecule has 0 saturated carbocycles. The summed E-state index contributed by atoms with van der Waals surface area (Å²) in [6.45, 7) is -1.17. The molecule has 1 fully saturated rings. The smallest absolute Gasteiger partial charge is 0.326 e. The van der Waals surface area contributed by atoms with Gasteiger partial charge in [-0.25, -0.2) is 8.42 Å². The Morgan fingerprint density at radius 1 is 1.25 bits per heavy atom. The van der Waals surface area contributed by atoms with Gasteiger partial charge in [-0.15, -0.1) is 0 Å². The van der Waals surface area contributed by atoms with Crippen LogP contribution in [0.15, 0.2) is 24.3 Å². The first-order valence-electron chi connectivity index (χ1n) is 8.72. The monoisotopic (exact) mass is 408 g/mol. The van der Waals surface area contributed by atoms with Crippen LogP contribution >= 0.6 is 0 Å². The van der Waals surface area contributed by atoms with Gasteiger partial charge in [0.1, 0.15) is 6.54 Å². The van der Waals surface area contributed by atoms with Gasteiger partial charge < -0.3 is 9.64 Å². The molecule has 0 aliphatic carbocycles. The van der Waals surface area contributed by atoms with Crippen LogP contribution in [0, 0.1) is 0 Å². The van der Waals surface area contributed by atoms with E-state index in [4.69, 9.17) is 4.74 Å². The number of fused-ring (bicyclic) bond motifs is 1. The molecular weight excluding hydrogens is 388 g/mol. The lowest BCUT2D eigenvalue weighted by molar-refractivity contribution is -0.154. The van der Waals surface area contributed by atoms with Gasteiger partial charge in [0.2, 0.25) is 5.91 Å². The second-order valence-corrected chi connectivity index (χ2v) is 9.07. The first kappa shape index (κ1) is 20.0. The van der Waals surface area contributed by atoms with Crippen molar-refractivity contribution in [1.82, 2.24) is 9.80 Å². The maximum atomic E-state index is 12.4. The largest absolute Gasteiger partial charge is 0.454 e. The molecule has 2 heterocycles. The second-order valence-electron chi connectivity index (χ2n) is 6.84. The summed E-state index contributed by atoms with van der Waals surface area (Å²) in [7, 11) is -1.69. The Morgan fingerprint density at radius 3 is 2.64 bits per heavy atom. The van der Waals surface area contributed by atoms with Crippen molar-refractivity contribution in [3.8, 4) is 0 Å². The van der Waals surface area contributed by atoms with E-state index in [1.807, 2.05) is 0 Å². The van der Waals surface area contributed by atoms with Gasteiger partial charge in [0.05, 0.1) is 17.9 Å². The van der Waals surface area contributed by atoms with Gasteiger partial charge in [0.25, 0.3) is 11.8 Å². The summed E-state index contributed by atoms with van der Waals surface area (Å²) in [5.41, 5.74) is 0.957. The first-order chi connectivity index (χ1) is 13.2. The number of imide groups is 1. The van der Waals surface area contributed by atoms with E-state index >= 15 is 0 Å². The van der Waals surface area contributed by atoms with Crippen molar-refractivity contribution in [2.45, 2.75) is 18.9 Å². The van der Waals surface area contributed by atoms with Crippen LogP contribution in [0.5, 0.6) is 0 Å². The summed E-state index contributed by atoms with van der Waals surface area (Å²) in [5, 5.41) is 0. The molecule has 1 atom stereocenters. The standard InChI is InChI=1S/C18H20N2O7S/c1-19(13-6-7-28(25,26)11-13)16(22)10-27-17(23)9-20-15(21)8-12-4-2-3-5-14(12)18(20)24/h2-5,13H,6-11H2,1H3/t13-/m1/s1. The minimum atomic E-state index is -3.14. The Morgan fingerprint density at radius 2 is 1.96 bits per heavy atom. The van der Waals surface area contributed by atoms with E-state index < -0.39 is 52.7 Å². The average molecular weight is 408 g/mol. The Kier molecular flexibility index (Phi) is 5.50. The third kappa shape index (κ3) is 4.22. The molecule has 0 aromatic heterocycles. The summed E-state index contributed by atoms with van der Waals surface area (Å²) in [4.78, 5) is 50.8. The van der Waals surface area contributed by atoms with Crippen molar-refractivity contribution in [3.05, 3.63) is 35.4 Å². The molecule has 150 valence electrons. The summed E-state index contributed by atoms with van der Waals surface area (Å²) >= 11 is 0. The van der Waals surface area contributed by atoms with Gasteiger partial charge in [-0.05, 0) is 18.1 Å². The van der Waals surface area contributed by atoms with E-state index in [1.54, 1.807) is 24.3 Å². The minimum absolute atomic E-state index is 0.00696. The summed E-state index contributed by atoms with van der Waals surface area (Å²) < 4.78 is 27.9. The van der Waals surface area contributed by atoms with Crippen molar-refractivity contribution in [1.29, 1.82) is 0 Å². The summed E-state index contributed by atoms with van der Waals surface area (Å²) in [6, 6.07) is 6.20. The van der Waals surface area contributed by atoms with Crippen LogP contribution in [0.3, 0.4) is 0 Å². The highest BCUT2D eigenvalue weighted by Gasteiger charge is 2.34. The van der Waals surface area contributed by atoms with Crippen LogP contribution in [0.2, 0.25) is 0 Å². The molecule has 3 rings (SSSR count). The van der Waals surface area contributed by atoms with E-state index in [2.05, 4.69) is 0 Å². The maximum absolute atomic E-state index is 12.4. The molecule has 10 heteroatoms. The molecule has 0 spiro atoms. The highest BCUT2D eigenvalue weighted by molar-refractivity contribution is 7.91. The van der Waals surface area contributed by atoms with Gasteiger partial charge in [-0.2, -0.15) is 0 Å². The van der Waals surface area contributed by atoms with Crippen molar-refractivity contribution in [2.24, 2.45) is 0 Å². The zero-order valence-corrected chi connectivity index (χ0v) is 16.1. The van der Waals surface area contributed by atoms with E-state index in [-0.39, 0.29) is 17.9 Å². The fourth-order valence-corrected chi connectivity index (χ4v) is 5.04. The fourth-order valence-electron chi connectivity index (χ4n) is 3.26. The number of benzene rings is 1. The Balaban J connectivity index is 1.54. The quantitative estimate of drug-likeness (QED) is 0.471. The van der Waals surface area contributed by atoms with Gasteiger partial charge in [0.15, 0.2) is 16.4 Å². The third-order valence-electron chi connectivity index (χ3n) is 4.93. The summed E-state index contributed by atoms with van der Waals surface area (Å²) in [6.07, 6.45) is 0.349. The van der Waals surface area contributed by atoms with E-state index in [0.29, 0.717) is 17.5 Å². The minimum Gasteiger partial charge on any atom is -0.454 e. The van der Waals surface area contributed by atoms with Crippen LogP contribution in [0.25, 0.3) is 0 Å². The molecule has 1 aromatic carbocycles. The summed E-state index contributed by atoms with van der Waals surface area (Å²) in [5.74, 6) is -2.61. The van der Waals surface area contributed by atoms with Crippen molar-refractivity contribution >= 4 is 33.5 Å². The molecule has 1 aromatic rings. The van der Waals surface area contributed by atoms with Crippen LogP contribution < -0.4 is 0 Å². The molecular formula is C18H20N2O7S. The number of amides is 3. The van der Waals surface area contributed by atoms with Crippen LogP contribution in [-0.2, 0) is 35.4 Å². The number of rotatable bonds is 5. The molecule has 2 aliphatic rings. The van der Waals surface area contributed by atoms with E-state index in [0.717, 1.165) is 4.90 Å². The number of carbonyl (C=O) groups excluding carboxylic acids is 4. The maximum Gasteiger partial charge on any atom is 0.326 e. The number of esters is 1. The van der Waals surface area contributed by atoms with Crippen molar-refractivity contribution in [3.63, 3.8) is 0 Å².